The first-order chi connectivity index (χ1) is 10.2. The van der Waals surface area contributed by atoms with Crippen molar-refractivity contribution >= 4 is 15.9 Å². The number of nitrogens with one attached hydrogen (secondary N) is 1. The van der Waals surface area contributed by atoms with Crippen LogP contribution in [-0.4, -0.2) is 4.98 Å². The van der Waals surface area contributed by atoms with Crippen LogP contribution >= 0.6 is 15.9 Å². The smallest absolute Gasteiger partial charge is 0.129 e. The van der Waals surface area contributed by atoms with Crippen LogP contribution in [0.1, 0.15) is 41.6 Å². The van der Waals surface area contributed by atoms with Gasteiger partial charge in [-0.25, -0.2) is 4.39 Å². The van der Waals surface area contributed by atoms with E-state index in [-0.39, 0.29) is 17.8 Å². The number of benzene rings is 1. The second-order valence-corrected chi connectivity index (χ2v) is 6.18. The summed E-state index contributed by atoms with van der Waals surface area (Å²) in [6.45, 7) is 0. The topological polar surface area (TPSA) is 50.9 Å². The molecule has 2 aromatic rings. The zero-order valence-electron chi connectivity index (χ0n) is 11.5. The molecule has 5 heteroatoms. The SMILES string of the molecule is NNC(c1c(F)cccc1Br)C1CCCc2cccnc21. The van der Waals surface area contributed by atoms with Crippen molar-refractivity contribution in [3.8, 4) is 0 Å². The quantitative estimate of drug-likeness (QED) is 0.657. The van der Waals surface area contributed by atoms with E-state index in [4.69, 9.17) is 5.84 Å². The van der Waals surface area contributed by atoms with Crippen LogP contribution in [0.4, 0.5) is 4.39 Å². The van der Waals surface area contributed by atoms with E-state index < -0.39 is 0 Å². The summed E-state index contributed by atoms with van der Waals surface area (Å²) in [6.07, 6.45) is 4.82. The van der Waals surface area contributed by atoms with Crippen molar-refractivity contribution in [3.63, 3.8) is 0 Å². The second-order valence-electron chi connectivity index (χ2n) is 5.33. The van der Waals surface area contributed by atoms with Crippen LogP contribution in [0.25, 0.3) is 0 Å². The Balaban J connectivity index is 2.06. The maximum absolute atomic E-state index is 14.3. The van der Waals surface area contributed by atoms with Crippen LogP contribution in [0.15, 0.2) is 41.0 Å². The summed E-state index contributed by atoms with van der Waals surface area (Å²) in [4.78, 5) is 4.52. The third-order valence-corrected chi connectivity index (χ3v) is 4.82. The Labute approximate surface area is 131 Å². The van der Waals surface area contributed by atoms with E-state index in [2.05, 4.69) is 32.4 Å². The van der Waals surface area contributed by atoms with Crippen LogP contribution in [0, 0.1) is 5.82 Å². The number of aromatic nitrogens is 1. The van der Waals surface area contributed by atoms with Crippen LogP contribution in [-0.2, 0) is 6.42 Å². The van der Waals surface area contributed by atoms with Crippen molar-refractivity contribution in [2.45, 2.75) is 31.2 Å². The fourth-order valence-electron chi connectivity index (χ4n) is 3.18. The molecule has 0 fully saturated rings. The Morgan fingerprint density at radius 3 is 2.95 bits per heavy atom. The van der Waals surface area contributed by atoms with Gasteiger partial charge in [0.1, 0.15) is 5.82 Å². The van der Waals surface area contributed by atoms with E-state index in [0.29, 0.717) is 5.56 Å². The summed E-state index contributed by atoms with van der Waals surface area (Å²) in [7, 11) is 0. The number of pyridine rings is 1. The molecule has 1 aliphatic carbocycles. The molecular formula is C16H17BrFN3. The van der Waals surface area contributed by atoms with Crippen molar-refractivity contribution in [2.75, 3.05) is 0 Å². The molecule has 21 heavy (non-hydrogen) atoms. The van der Waals surface area contributed by atoms with Gasteiger partial charge < -0.3 is 0 Å². The Morgan fingerprint density at radius 1 is 1.33 bits per heavy atom. The third-order valence-electron chi connectivity index (χ3n) is 4.13. The molecule has 0 aliphatic heterocycles. The maximum Gasteiger partial charge on any atom is 0.129 e. The fraction of sp³-hybridized carbons (Fsp3) is 0.312. The molecule has 0 saturated carbocycles. The predicted octanol–water partition coefficient (Wildman–Crippen LogP) is 3.61. The summed E-state index contributed by atoms with van der Waals surface area (Å²) in [5.74, 6) is 5.59. The van der Waals surface area contributed by atoms with Gasteiger partial charge >= 0.3 is 0 Å². The van der Waals surface area contributed by atoms with Crippen molar-refractivity contribution in [1.29, 1.82) is 0 Å². The standard InChI is InChI=1S/C16H17BrFN3/c17-12-7-2-8-13(18)14(12)16(21-19)11-6-1-4-10-5-3-9-20-15(10)11/h2-3,5,7-9,11,16,21H,1,4,6,19H2. The molecule has 0 radical (unpaired) electrons. The monoisotopic (exact) mass is 349 g/mol. The van der Waals surface area contributed by atoms with E-state index >= 15 is 0 Å². The van der Waals surface area contributed by atoms with Crippen molar-refractivity contribution in [2.24, 2.45) is 5.84 Å². The molecule has 2 unspecified atom stereocenters. The van der Waals surface area contributed by atoms with Crippen molar-refractivity contribution in [3.05, 3.63) is 63.6 Å². The van der Waals surface area contributed by atoms with Crippen LogP contribution in [0.3, 0.4) is 0 Å². The van der Waals surface area contributed by atoms with Crippen molar-refractivity contribution in [1.82, 2.24) is 10.4 Å². The lowest BCUT2D eigenvalue weighted by Crippen LogP contribution is -2.35. The molecule has 0 saturated heterocycles. The average Bonchev–Trinajstić information content (AvgIpc) is 2.51. The molecule has 0 spiro atoms. The van der Waals surface area contributed by atoms with Gasteiger partial charge in [0.2, 0.25) is 0 Å². The number of hydrogen-bond donors (Lipinski definition) is 2. The van der Waals surface area contributed by atoms with Gasteiger partial charge in [-0.05, 0) is 43.0 Å². The normalized spacial score (nSPS) is 19.1. The summed E-state index contributed by atoms with van der Waals surface area (Å²) in [5.41, 5.74) is 5.64. The average molecular weight is 350 g/mol. The number of hydrogen-bond acceptors (Lipinski definition) is 3. The highest BCUT2D eigenvalue weighted by Crippen LogP contribution is 2.41. The number of nitrogens with two attached hydrogens (primary N) is 1. The Morgan fingerprint density at radius 2 is 2.19 bits per heavy atom. The number of aryl methyl sites for hydroxylation is 1. The molecule has 1 heterocycles. The van der Waals surface area contributed by atoms with Gasteiger partial charge in [0, 0.05) is 27.8 Å². The lowest BCUT2D eigenvalue weighted by molar-refractivity contribution is 0.387. The summed E-state index contributed by atoms with van der Waals surface area (Å²) in [6, 6.07) is 8.74. The minimum absolute atomic E-state index is 0.0770. The molecule has 1 aromatic heterocycles. The Kier molecular flexibility index (Phi) is 4.33. The maximum atomic E-state index is 14.3. The van der Waals surface area contributed by atoms with Gasteiger partial charge in [-0.3, -0.25) is 16.3 Å². The molecule has 0 amide bonds. The van der Waals surface area contributed by atoms with E-state index in [1.165, 1.54) is 11.6 Å². The molecule has 1 aromatic carbocycles. The Hall–Kier alpha value is -1.30. The summed E-state index contributed by atoms with van der Waals surface area (Å²) in [5, 5.41) is 0. The highest BCUT2D eigenvalue weighted by Gasteiger charge is 2.32. The molecule has 2 atom stereocenters. The molecule has 110 valence electrons. The highest BCUT2D eigenvalue weighted by atomic mass is 79.9. The number of nitrogens with zero attached hydrogens (tertiary/aromatic N) is 1. The second kappa shape index (κ2) is 6.22. The number of halogens is 2. The molecule has 1 aliphatic rings. The third kappa shape index (κ3) is 2.73. The van der Waals surface area contributed by atoms with Crippen LogP contribution in [0.2, 0.25) is 0 Å². The number of rotatable bonds is 3. The lowest BCUT2D eigenvalue weighted by Gasteiger charge is -2.32. The first kappa shape index (κ1) is 14.6. The first-order valence-corrected chi connectivity index (χ1v) is 7.85. The van der Waals surface area contributed by atoms with Crippen LogP contribution < -0.4 is 11.3 Å². The van der Waals surface area contributed by atoms with E-state index in [0.717, 1.165) is 29.4 Å². The minimum atomic E-state index is -0.297. The molecule has 3 N–H and O–H groups in total. The zero-order chi connectivity index (χ0) is 14.8. The van der Waals surface area contributed by atoms with Gasteiger partial charge in [-0.2, -0.15) is 0 Å². The fourth-order valence-corrected chi connectivity index (χ4v) is 3.77. The zero-order valence-corrected chi connectivity index (χ0v) is 13.1. The van der Waals surface area contributed by atoms with E-state index in [1.54, 1.807) is 12.3 Å². The number of fused-ring (bicyclic) bond motifs is 1. The van der Waals surface area contributed by atoms with Gasteiger partial charge in [0.25, 0.3) is 0 Å². The molecule has 0 bridgehead atoms. The van der Waals surface area contributed by atoms with E-state index in [1.807, 2.05) is 12.1 Å². The van der Waals surface area contributed by atoms with Gasteiger partial charge in [0.15, 0.2) is 0 Å². The lowest BCUT2D eigenvalue weighted by atomic mass is 9.79. The van der Waals surface area contributed by atoms with Gasteiger partial charge in [-0.1, -0.05) is 28.1 Å². The number of hydrazine groups is 1. The molecule has 3 rings (SSSR count). The highest BCUT2D eigenvalue weighted by molar-refractivity contribution is 9.10. The largest absolute Gasteiger partial charge is 0.271 e. The first-order valence-electron chi connectivity index (χ1n) is 7.06. The molecular weight excluding hydrogens is 333 g/mol. The minimum Gasteiger partial charge on any atom is -0.271 e. The van der Waals surface area contributed by atoms with Crippen molar-refractivity contribution < 1.29 is 4.39 Å². The van der Waals surface area contributed by atoms with Gasteiger partial charge in [-0.15, -0.1) is 0 Å². The van der Waals surface area contributed by atoms with Gasteiger partial charge in [0.05, 0.1) is 6.04 Å². The Bertz CT molecular complexity index is 627. The predicted molar refractivity (Wildman–Crippen MR) is 84.1 cm³/mol. The van der Waals surface area contributed by atoms with E-state index in [9.17, 15) is 4.39 Å². The van der Waals surface area contributed by atoms with Crippen LogP contribution in [0.5, 0.6) is 0 Å². The molecule has 3 nitrogen and oxygen atoms in total. The summed E-state index contributed by atoms with van der Waals surface area (Å²) >= 11 is 3.44. The summed E-state index contributed by atoms with van der Waals surface area (Å²) < 4.78 is 15.0.